The van der Waals surface area contributed by atoms with E-state index in [0.717, 1.165) is 62.1 Å². The van der Waals surface area contributed by atoms with Crippen LogP contribution in [0.1, 0.15) is 40.0 Å². The van der Waals surface area contributed by atoms with Crippen LogP contribution in [-0.2, 0) is 4.79 Å². The molecule has 1 amide bonds. The molecule has 0 unspecified atom stereocenters. The molecule has 4 heterocycles. The summed E-state index contributed by atoms with van der Waals surface area (Å²) in [6.07, 6.45) is 5.16. The number of aromatic nitrogens is 2. The van der Waals surface area contributed by atoms with Crippen molar-refractivity contribution < 1.29 is 9.53 Å². The SMILES string of the molecule is CC[C@@H]1C(=O)N(C)c2cnc(Nc3ccc(N4CCN(CCN5CCCC5)CC4)cc3OC)nc2N1C(C)C. The number of amides is 1. The van der Waals surface area contributed by atoms with E-state index in [1.54, 1.807) is 25.3 Å². The fourth-order valence-corrected chi connectivity index (χ4v) is 6.06. The minimum atomic E-state index is -0.236. The van der Waals surface area contributed by atoms with Gasteiger partial charge in [-0.3, -0.25) is 9.69 Å². The molecule has 10 heteroatoms. The molecule has 2 fully saturated rings. The van der Waals surface area contributed by atoms with Crippen molar-refractivity contribution in [2.75, 3.05) is 86.5 Å². The van der Waals surface area contributed by atoms with Gasteiger partial charge in [-0.15, -0.1) is 0 Å². The van der Waals surface area contributed by atoms with Gasteiger partial charge in [0.05, 0.1) is 19.0 Å². The molecule has 1 aromatic heterocycles. The van der Waals surface area contributed by atoms with Crippen molar-refractivity contribution in [1.82, 2.24) is 19.8 Å². The largest absolute Gasteiger partial charge is 0.494 e. The zero-order valence-electron chi connectivity index (χ0n) is 24.2. The Morgan fingerprint density at radius 3 is 2.38 bits per heavy atom. The lowest BCUT2D eigenvalue weighted by atomic mass is 10.1. The summed E-state index contributed by atoms with van der Waals surface area (Å²) in [4.78, 5) is 33.8. The highest BCUT2D eigenvalue weighted by atomic mass is 16.5. The number of nitrogens with zero attached hydrogens (tertiary/aromatic N) is 7. The molecule has 0 bridgehead atoms. The summed E-state index contributed by atoms with van der Waals surface area (Å²) in [7, 11) is 3.49. The van der Waals surface area contributed by atoms with Crippen LogP contribution < -0.4 is 24.8 Å². The number of methoxy groups -OCH3 is 1. The maximum atomic E-state index is 12.9. The van der Waals surface area contributed by atoms with Crippen LogP contribution in [0.4, 0.5) is 28.8 Å². The van der Waals surface area contributed by atoms with Crippen LogP contribution in [0.25, 0.3) is 0 Å². The Balaban J connectivity index is 1.27. The summed E-state index contributed by atoms with van der Waals surface area (Å²) in [6.45, 7) is 15.3. The fourth-order valence-electron chi connectivity index (χ4n) is 6.06. The molecule has 2 aromatic rings. The highest BCUT2D eigenvalue weighted by Gasteiger charge is 2.38. The second-order valence-electron chi connectivity index (χ2n) is 11.1. The van der Waals surface area contributed by atoms with E-state index in [1.807, 2.05) is 13.0 Å². The van der Waals surface area contributed by atoms with Gasteiger partial charge in [0.1, 0.15) is 17.5 Å². The lowest BCUT2D eigenvalue weighted by molar-refractivity contribution is -0.120. The predicted molar refractivity (Wildman–Crippen MR) is 158 cm³/mol. The third-order valence-electron chi connectivity index (χ3n) is 8.35. The van der Waals surface area contributed by atoms with Gasteiger partial charge in [0.25, 0.3) is 0 Å². The highest BCUT2D eigenvalue weighted by molar-refractivity contribution is 6.04. The van der Waals surface area contributed by atoms with Crippen LogP contribution >= 0.6 is 0 Å². The first-order valence-corrected chi connectivity index (χ1v) is 14.5. The first-order valence-electron chi connectivity index (χ1n) is 14.5. The average Bonchev–Trinajstić information content (AvgIpc) is 3.48. The number of hydrogen-bond acceptors (Lipinski definition) is 9. The van der Waals surface area contributed by atoms with Crippen molar-refractivity contribution in [2.24, 2.45) is 0 Å². The summed E-state index contributed by atoms with van der Waals surface area (Å²) in [6, 6.07) is 6.17. The van der Waals surface area contributed by atoms with E-state index < -0.39 is 0 Å². The van der Waals surface area contributed by atoms with Gasteiger partial charge in [0.15, 0.2) is 5.82 Å². The number of hydrogen-bond donors (Lipinski definition) is 1. The van der Waals surface area contributed by atoms with Crippen LogP contribution in [0.2, 0.25) is 0 Å². The Kier molecular flexibility index (Phi) is 8.42. The summed E-state index contributed by atoms with van der Waals surface area (Å²) < 4.78 is 5.78. The smallest absolute Gasteiger partial charge is 0.249 e. The van der Waals surface area contributed by atoms with Crippen LogP contribution in [0.3, 0.4) is 0 Å². The summed E-state index contributed by atoms with van der Waals surface area (Å²) >= 11 is 0. The third-order valence-corrected chi connectivity index (χ3v) is 8.35. The average molecular weight is 537 g/mol. The lowest BCUT2D eigenvalue weighted by Crippen LogP contribution is -2.54. The number of fused-ring (bicyclic) bond motifs is 1. The first kappa shape index (κ1) is 27.5. The van der Waals surface area contributed by atoms with E-state index in [0.29, 0.717) is 5.95 Å². The summed E-state index contributed by atoms with van der Waals surface area (Å²) in [5, 5.41) is 3.36. The van der Waals surface area contributed by atoms with Gasteiger partial charge in [-0.05, 0) is 58.3 Å². The molecule has 0 radical (unpaired) electrons. The van der Waals surface area contributed by atoms with Crippen molar-refractivity contribution in [3.8, 4) is 5.75 Å². The number of likely N-dealkylation sites (N-methyl/N-ethyl adjacent to an activating group) is 1. The van der Waals surface area contributed by atoms with E-state index in [4.69, 9.17) is 9.72 Å². The molecule has 1 aromatic carbocycles. The fraction of sp³-hybridized carbons (Fsp3) is 0.621. The molecule has 0 aliphatic carbocycles. The Morgan fingerprint density at radius 1 is 1.05 bits per heavy atom. The maximum absolute atomic E-state index is 12.9. The minimum Gasteiger partial charge on any atom is -0.494 e. The van der Waals surface area contributed by atoms with Crippen molar-refractivity contribution in [3.63, 3.8) is 0 Å². The predicted octanol–water partition coefficient (Wildman–Crippen LogP) is 3.42. The first-order chi connectivity index (χ1) is 18.9. The van der Waals surface area contributed by atoms with E-state index in [-0.39, 0.29) is 18.0 Å². The van der Waals surface area contributed by atoms with Crippen molar-refractivity contribution >= 4 is 34.7 Å². The molecule has 39 heavy (non-hydrogen) atoms. The van der Waals surface area contributed by atoms with E-state index in [2.05, 4.69) is 55.9 Å². The molecule has 0 spiro atoms. The molecule has 3 aliphatic rings. The highest BCUT2D eigenvalue weighted by Crippen LogP contribution is 2.37. The van der Waals surface area contributed by atoms with E-state index in [9.17, 15) is 4.79 Å². The molecule has 1 atom stereocenters. The minimum absolute atomic E-state index is 0.0766. The van der Waals surface area contributed by atoms with Crippen LogP contribution in [0.15, 0.2) is 24.4 Å². The molecule has 1 N–H and O–H groups in total. The van der Waals surface area contributed by atoms with Crippen LogP contribution in [-0.4, -0.2) is 104 Å². The topological polar surface area (TPSA) is 80.3 Å². The number of carbonyl (C=O) groups is 1. The van der Waals surface area contributed by atoms with Crippen molar-refractivity contribution in [3.05, 3.63) is 24.4 Å². The van der Waals surface area contributed by atoms with Crippen LogP contribution in [0, 0.1) is 0 Å². The van der Waals surface area contributed by atoms with Crippen molar-refractivity contribution in [2.45, 2.75) is 52.1 Å². The number of rotatable bonds is 9. The Bertz CT molecular complexity index is 1140. The zero-order chi connectivity index (χ0) is 27.5. The normalized spacial score (nSPS) is 20.6. The second kappa shape index (κ2) is 12.0. The van der Waals surface area contributed by atoms with Crippen LogP contribution in [0.5, 0.6) is 5.75 Å². The number of likely N-dealkylation sites (tertiary alicyclic amines) is 1. The summed E-state index contributed by atoms with van der Waals surface area (Å²) in [5.41, 5.74) is 2.71. The molecule has 2 saturated heterocycles. The van der Waals surface area contributed by atoms with E-state index >= 15 is 0 Å². The quantitative estimate of drug-likeness (QED) is 0.519. The molecular weight excluding hydrogens is 492 g/mol. The van der Waals surface area contributed by atoms with Gasteiger partial charge >= 0.3 is 0 Å². The summed E-state index contributed by atoms with van der Waals surface area (Å²) in [5.74, 6) is 2.08. The van der Waals surface area contributed by atoms with Gasteiger partial charge in [-0.2, -0.15) is 4.98 Å². The number of nitrogens with one attached hydrogen (secondary N) is 1. The third kappa shape index (κ3) is 5.77. The van der Waals surface area contributed by atoms with Crippen molar-refractivity contribution in [1.29, 1.82) is 0 Å². The number of carbonyl (C=O) groups excluding carboxylic acids is 1. The van der Waals surface area contributed by atoms with Gasteiger partial charge in [-0.25, -0.2) is 4.98 Å². The molecule has 10 nitrogen and oxygen atoms in total. The Hall–Kier alpha value is -3.11. The van der Waals surface area contributed by atoms with Gasteiger partial charge in [0.2, 0.25) is 11.9 Å². The van der Waals surface area contributed by atoms with Gasteiger partial charge in [-0.1, -0.05) is 6.92 Å². The number of piperazine rings is 1. The standard InChI is InChI=1S/C29H44N8O2/c1-6-24-28(38)33(4)25-20-30-29(32-27(25)37(24)21(2)3)31-23-10-9-22(19-26(23)39-5)36-17-15-35(16-18-36)14-13-34-11-7-8-12-34/h9-10,19-21,24H,6-8,11-18H2,1-5H3,(H,30,31,32)/t24-/m1/s1. The maximum Gasteiger partial charge on any atom is 0.249 e. The molecule has 212 valence electrons. The number of ether oxygens (including phenoxy) is 1. The molecule has 5 rings (SSSR count). The molecular formula is C29H44N8O2. The molecule has 0 saturated carbocycles. The Labute approximate surface area is 232 Å². The number of anilines is 5. The van der Waals surface area contributed by atoms with Gasteiger partial charge in [0, 0.05) is 64.1 Å². The Morgan fingerprint density at radius 2 is 1.74 bits per heavy atom. The zero-order valence-corrected chi connectivity index (χ0v) is 24.2. The number of benzene rings is 1. The lowest BCUT2D eigenvalue weighted by Gasteiger charge is -2.42. The van der Waals surface area contributed by atoms with Gasteiger partial charge < -0.3 is 29.7 Å². The monoisotopic (exact) mass is 536 g/mol. The second-order valence-corrected chi connectivity index (χ2v) is 11.1. The molecule has 3 aliphatic heterocycles. The van der Waals surface area contributed by atoms with E-state index in [1.165, 1.54) is 38.2 Å².